The number of hydrogen-bond acceptors (Lipinski definition) is 3. The Morgan fingerprint density at radius 1 is 1.39 bits per heavy atom. The largest absolute Gasteiger partial charge is 0.342 e. The molecular formula is C18H28N4O. The number of hydrogen-bond donors (Lipinski definition) is 0. The maximum Gasteiger partial charge on any atom is 0.223 e. The maximum absolute atomic E-state index is 12.1. The van der Waals surface area contributed by atoms with Crippen molar-refractivity contribution in [2.45, 2.75) is 46.2 Å². The Morgan fingerprint density at radius 3 is 2.74 bits per heavy atom. The number of aromatic nitrogens is 2. The van der Waals surface area contributed by atoms with Crippen LogP contribution >= 0.6 is 0 Å². The van der Waals surface area contributed by atoms with E-state index in [1.807, 2.05) is 21.9 Å². The van der Waals surface area contributed by atoms with Gasteiger partial charge in [-0.25, -0.2) is 0 Å². The molecule has 0 N–H and O–H groups in total. The van der Waals surface area contributed by atoms with Gasteiger partial charge in [0.25, 0.3) is 0 Å². The predicted molar refractivity (Wildman–Crippen MR) is 91.0 cm³/mol. The minimum absolute atomic E-state index is 0.242. The molecule has 2 aliphatic rings. The Kier molecular flexibility index (Phi) is 4.57. The molecular weight excluding hydrogens is 288 g/mol. The molecule has 2 fully saturated rings. The summed E-state index contributed by atoms with van der Waals surface area (Å²) >= 11 is 0. The summed E-state index contributed by atoms with van der Waals surface area (Å²) in [6, 6.07) is 0. The van der Waals surface area contributed by atoms with Crippen molar-refractivity contribution in [2.24, 2.45) is 5.41 Å². The lowest BCUT2D eigenvalue weighted by Gasteiger charge is -2.38. The first-order valence-electron chi connectivity index (χ1n) is 8.69. The lowest BCUT2D eigenvalue weighted by Crippen LogP contribution is -2.41. The second-order valence-corrected chi connectivity index (χ2v) is 7.09. The second-order valence-electron chi connectivity index (χ2n) is 7.09. The minimum Gasteiger partial charge on any atom is -0.342 e. The van der Waals surface area contributed by atoms with Crippen LogP contribution in [-0.2, 0) is 17.9 Å². The third-order valence-electron chi connectivity index (χ3n) is 5.60. The summed E-state index contributed by atoms with van der Waals surface area (Å²) in [6.45, 7) is 13.7. The van der Waals surface area contributed by atoms with E-state index in [9.17, 15) is 4.79 Å². The van der Waals surface area contributed by atoms with E-state index in [1.165, 1.54) is 11.3 Å². The van der Waals surface area contributed by atoms with Gasteiger partial charge in [0.05, 0.1) is 12.7 Å². The van der Waals surface area contributed by atoms with Crippen LogP contribution in [0.25, 0.3) is 0 Å². The number of rotatable bonds is 5. The number of amides is 1. The highest BCUT2D eigenvalue weighted by molar-refractivity contribution is 5.79. The van der Waals surface area contributed by atoms with E-state index in [4.69, 9.17) is 0 Å². The van der Waals surface area contributed by atoms with Crippen LogP contribution < -0.4 is 0 Å². The number of nitrogens with zero attached hydrogens (tertiary/aromatic N) is 4. The van der Waals surface area contributed by atoms with Gasteiger partial charge in [-0.1, -0.05) is 6.08 Å². The van der Waals surface area contributed by atoms with Gasteiger partial charge in [0.15, 0.2) is 0 Å². The summed E-state index contributed by atoms with van der Waals surface area (Å²) < 4.78 is 2.00. The van der Waals surface area contributed by atoms with E-state index in [2.05, 4.69) is 30.4 Å². The molecule has 0 radical (unpaired) electrons. The summed E-state index contributed by atoms with van der Waals surface area (Å²) in [4.78, 5) is 16.6. The van der Waals surface area contributed by atoms with Crippen molar-refractivity contribution in [1.82, 2.24) is 19.6 Å². The molecule has 0 bridgehead atoms. The lowest BCUT2D eigenvalue weighted by atomic mass is 9.77. The number of carbonyl (C=O) groups excluding carboxylic acids is 1. The first-order valence-corrected chi connectivity index (χ1v) is 8.69. The van der Waals surface area contributed by atoms with Crippen molar-refractivity contribution in [3.8, 4) is 0 Å². The zero-order valence-corrected chi connectivity index (χ0v) is 14.4. The summed E-state index contributed by atoms with van der Waals surface area (Å²) in [7, 11) is 0. The normalized spacial score (nSPS) is 21.3. The Hall–Kier alpha value is -1.62. The van der Waals surface area contributed by atoms with Crippen LogP contribution in [0.1, 0.15) is 37.4 Å². The Labute approximate surface area is 138 Å². The van der Waals surface area contributed by atoms with Gasteiger partial charge in [0, 0.05) is 37.3 Å². The molecule has 1 aromatic heterocycles. The topological polar surface area (TPSA) is 41.4 Å². The van der Waals surface area contributed by atoms with Gasteiger partial charge in [0.2, 0.25) is 5.91 Å². The Balaban J connectivity index is 1.58. The number of likely N-dealkylation sites (tertiary alicyclic amines) is 2. The van der Waals surface area contributed by atoms with Crippen LogP contribution in [0.15, 0.2) is 18.9 Å². The Morgan fingerprint density at radius 2 is 2.13 bits per heavy atom. The van der Waals surface area contributed by atoms with Crippen molar-refractivity contribution in [3.05, 3.63) is 30.1 Å². The van der Waals surface area contributed by atoms with Crippen molar-refractivity contribution in [3.63, 3.8) is 0 Å². The first-order chi connectivity index (χ1) is 11.1. The number of piperidine rings is 1. The molecule has 0 unspecified atom stereocenters. The highest BCUT2D eigenvalue weighted by Crippen LogP contribution is 2.41. The summed E-state index contributed by atoms with van der Waals surface area (Å²) in [5.41, 5.74) is 2.78. The highest BCUT2D eigenvalue weighted by Gasteiger charge is 2.44. The van der Waals surface area contributed by atoms with E-state index < -0.39 is 0 Å². The van der Waals surface area contributed by atoms with Gasteiger partial charge in [-0.2, -0.15) is 5.10 Å². The van der Waals surface area contributed by atoms with Gasteiger partial charge in [-0.05, 0) is 45.2 Å². The second kappa shape index (κ2) is 6.48. The molecule has 0 aliphatic carbocycles. The first kappa shape index (κ1) is 16.2. The molecule has 0 saturated carbocycles. The SMILES string of the molecule is C=CCn1ncc(CN2CCC3(CC2)CC(=O)N(CC)C3)c1C. The van der Waals surface area contributed by atoms with Gasteiger partial charge in [-0.15, -0.1) is 6.58 Å². The molecule has 3 rings (SSSR count). The third kappa shape index (κ3) is 3.20. The number of allylic oxidation sites excluding steroid dienone is 1. The minimum atomic E-state index is 0.242. The molecule has 0 aromatic carbocycles. The van der Waals surface area contributed by atoms with Crippen molar-refractivity contribution >= 4 is 5.91 Å². The highest BCUT2D eigenvalue weighted by atomic mass is 16.2. The maximum atomic E-state index is 12.1. The monoisotopic (exact) mass is 316 g/mol. The quantitative estimate of drug-likeness (QED) is 0.782. The van der Waals surface area contributed by atoms with Crippen molar-refractivity contribution in [1.29, 1.82) is 0 Å². The lowest BCUT2D eigenvalue weighted by molar-refractivity contribution is -0.127. The zero-order valence-electron chi connectivity index (χ0n) is 14.4. The van der Waals surface area contributed by atoms with Crippen LogP contribution in [-0.4, -0.2) is 51.7 Å². The molecule has 3 heterocycles. The molecule has 0 atom stereocenters. The van der Waals surface area contributed by atoms with E-state index in [1.54, 1.807) is 0 Å². The molecule has 2 aliphatic heterocycles. The molecule has 1 spiro atoms. The van der Waals surface area contributed by atoms with Gasteiger partial charge in [-0.3, -0.25) is 14.4 Å². The number of carbonyl (C=O) groups is 1. The van der Waals surface area contributed by atoms with Gasteiger partial charge >= 0.3 is 0 Å². The van der Waals surface area contributed by atoms with Gasteiger partial charge in [0.1, 0.15) is 0 Å². The smallest absolute Gasteiger partial charge is 0.223 e. The van der Waals surface area contributed by atoms with E-state index in [-0.39, 0.29) is 5.41 Å². The van der Waals surface area contributed by atoms with Crippen LogP contribution in [0.5, 0.6) is 0 Å². The van der Waals surface area contributed by atoms with Crippen molar-refractivity contribution in [2.75, 3.05) is 26.2 Å². The molecule has 5 heteroatoms. The summed E-state index contributed by atoms with van der Waals surface area (Å²) in [5, 5.41) is 4.44. The van der Waals surface area contributed by atoms with Crippen molar-refractivity contribution < 1.29 is 4.79 Å². The van der Waals surface area contributed by atoms with Crippen LogP contribution in [0, 0.1) is 12.3 Å². The Bertz CT molecular complexity index is 584. The molecule has 5 nitrogen and oxygen atoms in total. The average Bonchev–Trinajstić information content (AvgIpc) is 3.04. The van der Waals surface area contributed by atoms with Gasteiger partial charge < -0.3 is 4.90 Å². The summed E-state index contributed by atoms with van der Waals surface area (Å²) in [6.07, 6.45) is 6.89. The zero-order chi connectivity index (χ0) is 16.4. The van der Waals surface area contributed by atoms with E-state index in [0.717, 1.165) is 58.5 Å². The molecule has 1 aromatic rings. The molecule has 23 heavy (non-hydrogen) atoms. The van der Waals surface area contributed by atoms with Crippen LogP contribution in [0.2, 0.25) is 0 Å². The molecule has 2 saturated heterocycles. The fraction of sp³-hybridized carbons (Fsp3) is 0.667. The standard InChI is InChI=1S/C18H28N4O/c1-4-8-22-15(3)16(12-19-22)13-20-9-6-18(7-10-20)11-17(23)21(5-2)14-18/h4,12H,1,5-11,13-14H2,2-3H3. The predicted octanol–water partition coefficient (Wildman–Crippen LogP) is 2.21. The fourth-order valence-electron chi connectivity index (χ4n) is 3.98. The molecule has 1 amide bonds. The van der Waals surface area contributed by atoms with E-state index in [0.29, 0.717) is 5.91 Å². The molecule has 126 valence electrons. The summed E-state index contributed by atoms with van der Waals surface area (Å²) in [5.74, 6) is 0.350. The third-order valence-corrected chi connectivity index (χ3v) is 5.60. The van der Waals surface area contributed by atoms with E-state index >= 15 is 0 Å². The average molecular weight is 316 g/mol. The van der Waals surface area contributed by atoms with Crippen LogP contribution in [0.4, 0.5) is 0 Å². The fourth-order valence-corrected chi connectivity index (χ4v) is 3.98. The van der Waals surface area contributed by atoms with Crippen LogP contribution in [0.3, 0.4) is 0 Å².